The maximum absolute atomic E-state index is 7.50. The van der Waals surface area contributed by atoms with Gasteiger partial charge in [0, 0.05) is 91.0 Å². The zero-order valence-electron chi connectivity index (χ0n) is 16.4. The van der Waals surface area contributed by atoms with Gasteiger partial charge < -0.3 is 0 Å². The van der Waals surface area contributed by atoms with Crippen molar-refractivity contribution in [2.45, 2.75) is 0 Å². The van der Waals surface area contributed by atoms with Gasteiger partial charge in [-0.05, 0) is 0 Å². The van der Waals surface area contributed by atoms with E-state index in [2.05, 4.69) is 106 Å². The smallest absolute Gasteiger partial charge is 0 e. The van der Waals surface area contributed by atoms with E-state index in [1.807, 2.05) is 0 Å². The molecule has 0 aromatic rings. The topological polar surface area (TPSA) is 318 Å². The van der Waals surface area contributed by atoms with Gasteiger partial charge in [0.1, 0.15) is 0 Å². The first-order valence-corrected chi connectivity index (χ1v) is 3.27. The molecule has 0 amide bonds. The molecular weight excluding hydrogens is 803 g/mol. The minimum absolute atomic E-state index is 0. The first kappa shape index (κ1) is 199. The Hall–Kier alpha value is -1.34. The molecule has 200 valence electrons. The summed E-state index contributed by atoms with van der Waals surface area (Å²) in [4.78, 5) is 0. The fourth-order valence-corrected chi connectivity index (χ4v) is 0. The summed E-state index contributed by atoms with van der Waals surface area (Å²) in [5, 5.41) is 0. The van der Waals surface area contributed by atoms with Crippen LogP contribution in [0.15, 0.2) is 0 Å². The molecule has 0 atom stereocenters. The van der Waals surface area contributed by atoms with Crippen LogP contribution in [-0.4, -0.2) is 23.9 Å². The number of hydrogen-bond acceptors (Lipinski definition) is 0. The normalized spacial score (nSPS) is 0.865. The summed E-state index contributed by atoms with van der Waals surface area (Å²) >= 11 is 0. The van der Waals surface area contributed by atoms with Gasteiger partial charge in [0.15, 0.2) is 0 Å². The summed E-state index contributed by atoms with van der Waals surface area (Å²) in [5.41, 5.74) is 0. The van der Waals surface area contributed by atoms with Crippen LogP contribution in [0.1, 0.15) is 0 Å². The predicted molar refractivity (Wildman–Crippen MR) is 68.6 cm³/mol. The van der Waals surface area contributed by atoms with Gasteiger partial charge in [-0.15, -0.1) is 0 Å². The fourth-order valence-electron chi connectivity index (χ4n) is 0. The standard InChI is InChI=1S/16CO.4Co.Sn/c16*1-2;;;;;. The molecule has 0 saturated heterocycles. The number of rotatable bonds is 0. The molecule has 0 spiro atoms. The number of hydrogen-bond donors (Lipinski definition) is 0. The third-order valence-corrected chi connectivity index (χ3v) is 0. The zero-order valence-corrected chi connectivity index (χ0v) is 23.4. The summed E-state index contributed by atoms with van der Waals surface area (Å²) < 4.78 is 120. The molecule has 0 aromatic heterocycles. The Morgan fingerprint density at radius 1 is 0.135 bits per heavy atom. The molecular formula is C16Co4O16Sn. The molecule has 21 heteroatoms. The van der Waals surface area contributed by atoms with Crippen molar-refractivity contribution in [2.75, 3.05) is 0 Å². The second kappa shape index (κ2) is 22000. The average molecular weight is 803 g/mol. The van der Waals surface area contributed by atoms with Crippen molar-refractivity contribution in [3.8, 4) is 0 Å². The van der Waals surface area contributed by atoms with Crippen molar-refractivity contribution in [1.82, 2.24) is 0 Å². The minimum atomic E-state index is 0. The van der Waals surface area contributed by atoms with Gasteiger partial charge in [0.05, 0.1) is 0 Å². The first-order chi connectivity index (χ1) is 16.0. The molecule has 0 aliphatic rings. The van der Waals surface area contributed by atoms with Crippen LogP contribution in [0.3, 0.4) is 0 Å². The summed E-state index contributed by atoms with van der Waals surface area (Å²) in [6.45, 7) is 72.0. The molecule has 0 unspecified atom stereocenters. The minimum Gasteiger partial charge on any atom is 0 e. The zero-order chi connectivity index (χ0) is 32.0. The Morgan fingerprint density at radius 3 is 0.135 bits per heavy atom. The van der Waals surface area contributed by atoms with Crippen LogP contribution < -0.4 is 0 Å². The van der Waals surface area contributed by atoms with Gasteiger partial charge in [-0.1, -0.05) is 0 Å². The van der Waals surface area contributed by atoms with E-state index in [9.17, 15) is 0 Å². The Morgan fingerprint density at radius 2 is 0.135 bits per heavy atom. The first-order valence-electron chi connectivity index (χ1n) is 3.27. The van der Waals surface area contributed by atoms with Crippen molar-refractivity contribution in [2.24, 2.45) is 0 Å². The van der Waals surface area contributed by atoms with Crippen LogP contribution in [0.25, 0.3) is 0 Å². The van der Waals surface area contributed by atoms with E-state index in [0.29, 0.717) is 0 Å². The molecule has 0 saturated carbocycles. The van der Waals surface area contributed by atoms with E-state index in [1.165, 1.54) is 0 Å². The van der Waals surface area contributed by atoms with Gasteiger partial charge in [0.25, 0.3) is 0 Å². The summed E-state index contributed by atoms with van der Waals surface area (Å²) in [5.74, 6) is 0. The molecule has 0 rings (SSSR count). The van der Waals surface area contributed by atoms with E-state index in [-0.39, 0.29) is 91.0 Å². The molecule has 0 aromatic carbocycles. The van der Waals surface area contributed by atoms with Crippen molar-refractivity contribution in [3.05, 3.63) is 106 Å². The monoisotopic (exact) mass is 804 g/mol. The van der Waals surface area contributed by atoms with Crippen molar-refractivity contribution in [1.29, 1.82) is 0 Å². The predicted octanol–water partition coefficient (Wildman–Crippen LogP) is -0.991. The largest absolute Gasteiger partial charge is 0 e. The Labute approximate surface area is 270 Å². The van der Waals surface area contributed by atoms with Gasteiger partial charge in [-0.25, -0.2) is 0 Å². The van der Waals surface area contributed by atoms with Crippen LogP contribution in [0.5, 0.6) is 0 Å². The maximum Gasteiger partial charge on any atom is 0 e. The summed E-state index contributed by atoms with van der Waals surface area (Å²) in [6, 6.07) is 0. The van der Waals surface area contributed by atoms with Gasteiger partial charge >= 0.3 is 181 Å². The van der Waals surface area contributed by atoms with Gasteiger partial charge in [-0.2, -0.15) is 0 Å². The van der Waals surface area contributed by atoms with E-state index in [1.54, 1.807) is 0 Å². The molecule has 16 nitrogen and oxygen atoms in total. The van der Waals surface area contributed by atoms with Crippen LogP contribution >= 0.6 is 0 Å². The van der Waals surface area contributed by atoms with Gasteiger partial charge in [0.2, 0.25) is 0 Å². The second-order valence-electron chi connectivity index (χ2n) is 0. The van der Waals surface area contributed by atoms with Crippen molar-refractivity contribution in [3.63, 3.8) is 0 Å². The van der Waals surface area contributed by atoms with E-state index in [0.717, 1.165) is 0 Å². The van der Waals surface area contributed by atoms with Crippen molar-refractivity contribution >= 4 is 23.9 Å². The van der Waals surface area contributed by atoms with Crippen molar-refractivity contribution < 1.29 is 142 Å². The quantitative estimate of drug-likeness (QED) is 0.162. The van der Waals surface area contributed by atoms with E-state index in [4.69, 9.17) is 74.4 Å². The Bertz CT molecular complexity index is 325. The third-order valence-electron chi connectivity index (χ3n) is 0. The van der Waals surface area contributed by atoms with Crippen LogP contribution in [-0.2, 0) is 142 Å². The Kier molecular flexibility index (Phi) is 119000. The maximum atomic E-state index is 7.50. The SMILES string of the molecule is [C-]#[O+].[C-]#[O+].[C-]#[O+].[C-]#[O+].[C-]#[O+].[C-]#[O+].[C-]#[O+].[C-]#[O+].[C-]#[O+].[C-]#[O+].[C-]#[O+].[C-]#[O+].[C-]#[O+].[C-]#[O+].[C-]#[O+].[C-]#[O+].[Co].[Co].[Co].[Co].[Sn]. The summed E-state index contributed by atoms with van der Waals surface area (Å²) in [7, 11) is 0. The van der Waals surface area contributed by atoms with Crippen LogP contribution in [0, 0.1) is 106 Å². The molecule has 0 heterocycles. The van der Waals surface area contributed by atoms with Crippen LogP contribution in [0.4, 0.5) is 0 Å². The molecule has 0 N–H and O–H groups in total. The summed E-state index contributed by atoms with van der Waals surface area (Å²) in [6.07, 6.45) is 0. The molecule has 0 aliphatic heterocycles. The Balaban J connectivity index is -0.00000000385. The van der Waals surface area contributed by atoms with E-state index >= 15 is 0 Å². The van der Waals surface area contributed by atoms with E-state index < -0.39 is 0 Å². The molecule has 37 heavy (non-hydrogen) atoms. The molecule has 0 aliphatic carbocycles. The molecule has 0 fully saturated rings. The fraction of sp³-hybridized carbons (Fsp3) is 0. The average Bonchev–Trinajstić information content (AvgIpc) is 3.05. The second-order valence-corrected chi connectivity index (χ2v) is 0. The third kappa shape index (κ3) is 20700. The molecule has 0 bridgehead atoms. The molecule has 8 radical (unpaired) electrons. The van der Waals surface area contributed by atoms with Gasteiger partial charge in [-0.3, -0.25) is 0 Å². The van der Waals surface area contributed by atoms with Crippen LogP contribution in [0.2, 0.25) is 0 Å².